The molecule has 1 amide bonds. The van der Waals surface area contributed by atoms with E-state index in [9.17, 15) is 9.59 Å². The number of nitrogens with one attached hydrogen (secondary N) is 1. The van der Waals surface area contributed by atoms with E-state index >= 15 is 0 Å². The van der Waals surface area contributed by atoms with Crippen LogP contribution in [0.3, 0.4) is 0 Å². The van der Waals surface area contributed by atoms with Crippen molar-refractivity contribution in [3.05, 3.63) is 23.9 Å². The van der Waals surface area contributed by atoms with E-state index in [4.69, 9.17) is 11.5 Å². The Balaban J connectivity index is 2.90. The van der Waals surface area contributed by atoms with Gasteiger partial charge in [-0.3, -0.25) is 10.1 Å². The first kappa shape index (κ1) is 9.74. The predicted molar refractivity (Wildman–Crippen MR) is 48.7 cm³/mol. The highest BCUT2D eigenvalue weighted by molar-refractivity contribution is 6.03. The molecule has 0 aliphatic heterocycles. The summed E-state index contributed by atoms with van der Waals surface area (Å²) in [6.07, 6.45) is 6.08. The largest absolute Gasteiger partial charge is 0.478 e. The third-order valence-corrected chi connectivity index (χ3v) is 1.38. The van der Waals surface area contributed by atoms with Gasteiger partial charge in [0, 0.05) is 6.20 Å². The van der Waals surface area contributed by atoms with Crippen molar-refractivity contribution in [3.63, 3.8) is 0 Å². The van der Waals surface area contributed by atoms with Crippen LogP contribution in [-0.2, 0) is 4.79 Å². The first-order valence-electron chi connectivity index (χ1n) is 3.60. The number of amides is 1. The Morgan fingerprint density at radius 3 is 2.86 bits per heavy atom. The van der Waals surface area contributed by atoms with Crippen molar-refractivity contribution >= 4 is 17.7 Å². The number of carbonyl (C=O) groups excluding carboxylic acids is 1. The van der Waals surface area contributed by atoms with E-state index in [1.54, 1.807) is 0 Å². The highest BCUT2D eigenvalue weighted by Crippen LogP contribution is 2.06. The minimum atomic E-state index is -1.09. The average Bonchev–Trinajstić information content (AvgIpc) is 2.18. The molecule has 0 unspecified atom stereocenters. The summed E-state index contributed by atoms with van der Waals surface area (Å²) in [6.45, 7) is 0. The van der Waals surface area contributed by atoms with Gasteiger partial charge in [0.25, 0.3) is 0 Å². The summed E-state index contributed by atoms with van der Waals surface area (Å²) in [5.74, 6) is 0.183. The van der Waals surface area contributed by atoms with Gasteiger partial charge < -0.3 is 5.11 Å². The molecule has 1 heterocycles. The fourth-order valence-corrected chi connectivity index (χ4v) is 0.784. The maximum atomic E-state index is 10.7. The maximum absolute atomic E-state index is 10.7. The van der Waals surface area contributed by atoms with Crippen LogP contribution in [0.25, 0.3) is 0 Å². The maximum Gasteiger partial charge on any atom is 0.335 e. The first-order chi connectivity index (χ1) is 6.63. The van der Waals surface area contributed by atoms with Crippen LogP contribution in [0, 0.1) is 12.3 Å². The molecule has 5 heteroatoms. The summed E-state index contributed by atoms with van der Waals surface area (Å²) in [5.41, 5.74) is 0.0346. The van der Waals surface area contributed by atoms with Gasteiger partial charge >= 0.3 is 11.9 Å². The number of anilines is 1. The molecule has 1 aromatic rings. The average molecular weight is 190 g/mol. The van der Waals surface area contributed by atoms with Gasteiger partial charge in [-0.1, -0.05) is 0 Å². The van der Waals surface area contributed by atoms with Gasteiger partial charge in [0.2, 0.25) is 0 Å². The Morgan fingerprint density at radius 1 is 1.57 bits per heavy atom. The zero-order valence-corrected chi connectivity index (χ0v) is 7.02. The molecule has 1 rings (SSSR count). The Morgan fingerprint density at radius 2 is 2.29 bits per heavy atom. The van der Waals surface area contributed by atoms with Crippen LogP contribution in [-0.4, -0.2) is 22.0 Å². The minimum Gasteiger partial charge on any atom is -0.478 e. The van der Waals surface area contributed by atoms with Crippen molar-refractivity contribution in [2.75, 3.05) is 5.32 Å². The van der Waals surface area contributed by atoms with Crippen molar-refractivity contribution in [1.82, 2.24) is 4.98 Å². The number of carboxylic acids is 1. The number of aromatic carboxylic acids is 1. The zero-order chi connectivity index (χ0) is 10.6. The molecule has 5 nitrogen and oxygen atoms in total. The lowest BCUT2D eigenvalue weighted by molar-refractivity contribution is -0.111. The van der Waals surface area contributed by atoms with Crippen molar-refractivity contribution in [3.8, 4) is 12.3 Å². The Bertz CT molecular complexity index is 420. The second-order valence-electron chi connectivity index (χ2n) is 2.33. The summed E-state index contributed by atoms with van der Waals surface area (Å²) in [7, 11) is 0. The molecule has 0 spiro atoms. The lowest BCUT2D eigenvalue weighted by atomic mass is 10.2. The number of aromatic nitrogens is 1. The number of terminal acetylenes is 1. The molecule has 0 bridgehead atoms. The molecule has 0 radical (unpaired) electrons. The summed E-state index contributed by atoms with van der Waals surface area (Å²) >= 11 is 0. The smallest absolute Gasteiger partial charge is 0.335 e. The topological polar surface area (TPSA) is 79.3 Å². The van der Waals surface area contributed by atoms with Crippen LogP contribution < -0.4 is 5.32 Å². The number of carboxylic acid groups (broad SMARTS) is 1. The molecular formula is C9H6N2O3. The Labute approximate surface area is 79.8 Å². The number of rotatable bonds is 2. The molecule has 0 saturated carbocycles. The highest BCUT2D eigenvalue weighted by atomic mass is 16.4. The number of hydrogen-bond acceptors (Lipinski definition) is 3. The molecule has 0 atom stereocenters. The normalized spacial score (nSPS) is 8.79. The summed E-state index contributed by atoms with van der Waals surface area (Å²) < 4.78 is 0. The van der Waals surface area contributed by atoms with Crippen LogP contribution in [0.4, 0.5) is 5.82 Å². The molecule has 0 aliphatic rings. The van der Waals surface area contributed by atoms with Crippen LogP contribution in [0.15, 0.2) is 18.3 Å². The standard InChI is InChI=1S/C9H6N2O3/c1-2-8(12)11-7-5-6(9(13)14)3-4-10-7/h1,3-5H,(H,13,14)(H,10,11,12). The van der Waals surface area contributed by atoms with Crippen LogP contribution in [0.2, 0.25) is 0 Å². The van der Waals surface area contributed by atoms with Gasteiger partial charge in [-0.25, -0.2) is 9.78 Å². The molecule has 1 aromatic heterocycles. The van der Waals surface area contributed by atoms with Crippen LogP contribution in [0.1, 0.15) is 10.4 Å². The van der Waals surface area contributed by atoms with E-state index in [2.05, 4.69) is 10.3 Å². The van der Waals surface area contributed by atoms with E-state index in [1.165, 1.54) is 18.3 Å². The fourth-order valence-electron chi connectivity index (χ4n) is 0.784. The van der Waals surface area contributed by atoms with Gasteiger partial charge in [0.15, 0.2) is 0 Å². The minimum absolute atomic E-state index is 0.0346. The third kappa shape index (κ3) is 2.32. The molecule has 0 fully saturated rings. The number of carbonyl (C=O) groups is 2. The van der Waals surface area contributed by atoms with E-state index in [1.807, 2.05) is 5.92 Å². The zero-order valence-electron chi connectivity index (χ0n) is 7.02. The monoisotopic (exact) mass is 190 g/mol. The second-order valence-corrected chi connectivity index (χ2v) is 2.33. The van der Waals surface area contributed by atoms with E-state index < -0.39 is 11.9 Å². The van der Waals surface area contributed by atoms with Crippen molar-refractivity contribution in [1.29, 1.82) is 0 Å². The van der Waals surface area contributed by atoms with Gasteiger partial charge in [0.05, 0.1) is 5.56 Å². The van der Waals surface area contributed by atoms with Gasteiger partial charge in [-0.15, -0.1) is 6.42 Å². The van der Waals surface area contributed by atoms with Crippen molar-refractivity contribution in [2.24, 2.45) is 0 Å². The van der Waals surface area contributed by atoms with Crippen molar-refractivity contribution in [2.45, 2.75) is 0 Å². The highest BCUT2D eigenvalue weighted by Gasteiger charge is 2.05. The Kier molecular flexibility index (Phi) is 2.82. The summed E-state index contributed by atoms with van der Waals surface area (Å²) in [5, 5.41) is 10.9. The van der Waals surface area contributed by atoms with Gasteiger partial charge in [-0.05, 0) is 18.1 Å². The lowest BCUT2D eigenvalue weighted by Crippen LogP contribution is -2.10. The molecule has 0 aliphatic carbocycles. The fraction of sp³-hybridized carbons (Fsp3) is 0. The lowest BCUT2D eigenvalue weighted by Gasteiger charge is -2.00. The molecule has 0 saturated heterocycles. The second kappa shape index (κ2) is 4.05. The predicted octanol–water partition coefficient (Wildman–Crippen LogP) is 0.351. The first-order valence-corrected chi connectivity index (χ1v) is 3.60. The van der Waals surface area contributed by atoms with E-state index in [0.717, 1.165) is 0 Å². The van der Waals surface area contributed by atoms with Gasteiger partial charge in [-0.2, -0.15) is 0 Å². The van der Waals surface area contributed by atoms with E-state index in [0.29, 0.717) is 0 Å². The molecular weight excluding hydrogens is 184 g/mol. The van der Waals surface area contributed by atoms with Crippen LogP contribution >= 0.6 is 0 Å². The molecule has 2 N–H and O–H groups in total. The molecule has 14 heavy (non-hydrogen) atoms. The quantitative estimate of drug-likeness (QED) is 0.659. The third-order valence-electron chi connectivity index (χ3n) is 1.38. The number of nitrogens with zero attached hydrogens (tertiary/aromatic N) is 1. The SMILES string of the molecule is C#CC(=O)Nc1cc(C(=O)O)ccn1. The summed E-state index contributed by atoms with van der Waals surface area (Å²) in [4.78, 5) is 25.0. The number of pyridine rings is 1. The number of hydrogen-bond donors (Lipinski definition) is 2. The summed E-state index contributed by atoms with van der Waals surface area (Å²) in [6, 6.07) is 2.53. The van der Waals surface area contributed by atoms with E-state index in [-0.39, 0.29) is 11.4 Å². The molecule has 70 valence electrons. The van der Waals surface area contributed by atoms with Crippen LogP contribution in [0.5, 0.6) is 0 Å². The van der Waals surface area contributed by atoms with Gasteiger partial charge in [0.1, 0.15) is 5.82 Å². The molecule has 0 aromatic carbocycles. The Hall–Kier alpha value is -2.35. The van der Waals surface area contributed by atoms with Crippen molar-refractivity contribution < 1.29 is 14.7 Å².